The van der Waals surface area contributed by atoms with E-state index < -0.39 is 0 Å². The molecule has 2 N–H and O–H groups in total. The number of aromatic nitrogens is 3. The van der Waals surface area contributed by atoms with Crippen molar-refractivity contribution in [2.24, 2.45) is 0 Å². The summed E-state index contributed by atoms with van der Waals surface area (Å²) >= 11 is 1.50. The number of nitrogens with zero attached hydrogens (tertiary/aromatic N) is 3. The topological polar surface area (TPSA) is 102 Å². The van der Waals surface area contributed by atoms with Crippen molar-refractivity contribution < 1.29 is 14.1 Å². The van der Waals surface area contributed by atoms with Crippen molar-refractivity contribution in [1.82, 2.24) is 25.8 Å². The minimum absolute atomic E-state index is 0.00277. The van der Waals surface area contributed by atoms with Gasteiger partial charge in [-0.05, 0) is 55.8 Å². The van der Waals surface area contributed by atoms with Gasteiger partial charge in [0.25, 0.3) is 0 Å². The second kappa shape index (κ2) is 9.27. The van der Waals surface area contributed by atoms with Crippen LogP contribution in [0.1, 0.15) is 37.8 Å². The molecule has 156 valence electrons. The lowest BCUT2D eigenvalue weighted by Gasteiger charge is -2.31. The molecule has 0 saturated carbocycles. The molecule has 1 aliphatic heterocycles. The molecule has 1 aliphatic rings. The number of rotatable bonds is 7. The van der Waals surface area contributed by atoms with Gasteiger partial charge in [-0.2, -0.15) is 4.98 Å². The summed E-state index contributed by atoms with van der Waals surface area (Å²) in [6.45, 7) is 3.97. The first-order valence-corrected chi connectivity index (χ1v) is 10.8. The number of thioether (sulfide) groups is 1. The van der Waals surface area contributed by atoms with E-state index >= 15 is 0 Å². The number of hydrogen-bond acceptors (Lipinski definition) is 8. The lowest BCUT2D eigenvalue weighted by Crippen LogP contribution is -2.50. The van der Waals surface area contributed by atoms with E-state index in [1.54, 1.807) is 12.4 Å². The number of hydrogen-bond donors (Lipinski definition) is 2. The Morgan fingerprint density at radius 2 is 1.97 bits per heavy atom. The Labute approximate surface area is 178 Å². The Balaban J connectivity index is 1.35. The van der Waals surface area contributed by atoms with E-state index in [0.717, 1.165) is 16.9 Å². The first kappa shape index (κ1) is 20.4. The van der Waals surface area contributed by atoms with E-state index in [2.05, 4.69) is 25.8 Å². The summed E-state index contributed by atoms with van der Waals surface area (Å²) < 4.78 is 11.0. The van der Waals surface area contributed by atoms with E-state index in [-0.39, 0.29) is 23.6 Å². The molecule has 4 rings (SSSR count). The van der Waals surface area contributed by atoms with E-state index in [4.69, 9.17) is 9.26 Å². The molecule has 9 heteroatoms. The molecule has 0 radical (unpaired) electrons. The average molecular weight is 426 g/mol. The number of ether oxygens (including phenoxy) is 1. The minimum atomic E-state index is -0.243. The van der Waals surface area contributed by atoms with Crippen LogP contribution in [0, 0.1) is 0 Å². The minimum Gasteiger partial charge on any atom is -0.491 e. The molecule has 2 unspecified atom stereocenters. The van der Waals surface area contributed by atoms with Gasteiger partial charge in [0, 0.05) is 30.4 Å². The molecular formula is C21H23N5O3S. The second-order valence-corrected chi connectivity index (χ2v) is 8.26. The normalized spacial score (nSPS) is 19.0. The van der Waals surface area contributed by atoms with Gasteiger partial charge in [-0.15, -0.1) is 11.8 Å². The summed E-state index contributed by atoms with van der Waals surface area (Å²) in [6.07, 6.45) is 3.97. The molecule has 2 aromatic heterocycles. The van der Waals surface area contributed by atoms with Crippen molar-refractivity contribution in [3.8, 4) is 17.1 Å². The summed E-state index contributed by atoms with van der Waals surface area (Å²) in [5.74, 6) is 2.30. The fourth-order valence-corrected chi connectivity index (χ4v) is 4.02. The van der Waals surface area contributed by atoms with Gasteiger partial charge in [0.1, 0.15) is 11.2 Å². The molecule has 30 heavy (non-hydrogen) atoms. The Morgan fingerprint density at radius 3 is 2.70 bits per heavy atom. The molecule has 1 aromatic carbocycles. The molecule has 1 amide bonds. The predicted octanol–water partition coefficient (Wildman–Crippen LogP) is 3.29. The van der Waals surface area contributed by atoms with E-state index in [1.165, 1.54) is 11.8 Å². The van der Waals surface area contributed by atoms with Crippen LogP contribution in [0.3, 0.4) is 0 Å². The van der Waals surface area contributed by atoms with E-state index in [1.807, 2.05) is 50.2 Å². The summed E-state index contributed by atoms with van der Waals surface area (Å²) in [4.78, 5) is 20.6. The molecule has 1 saturated heterocycles. The Kier molecular flexibility index (Phi) is 6.29. The molecule has 0 bridgehead atoms. The van der Waals surface area contributed by atoms with Crippen LogP contribution in [0.15, 0.2) is 53.3 Å². The van der Waals surface area contributed by atoms with Crippen LogP contribution >= 0.6 is 11.8 Å². The van der Waals surface area contributed by atoms with Gasteiger partial charge >= 0.3 is 0 Å². The third-order valence-corrected chi connectivity index (χ3v) is 5.47. The average Bonchev–Trinajstić information content (AvgIpc) is 3.22. The maximum Gasteiger partial charge on any atom is 0.237 e. The fourth-order valence-electron chi connectivity index (χ4n) is 3.11. The van der Waals surface area contributed by atoms with E-state index in [0.29, 0.717) is 23.9 Å². The van der Waals surface area contributed by atoms with Gasteiger partial charge in [0.05, 0.1) is 11.9 Å². The van der Waals surface area contributed by atoms with E-state index in [9.17, 15) is 4.79 Å². The highest BCUT2D eigenvalue weighted by Gasteiger charge is 2.27. The van der Waals surface area contributed by atoms with Crippen LogP contribution in [0.25, 0.3) is 11.4 Å². The van der Waals surface area contributed by atoms with Crippen molar-refractivity contribution in [3.05, 3.63) is 60.2 Å². The number of pyridine rings is 1. The quantitative estimate of drug-likeness (QED) is 0.595. The van der Waals surface area contributed by atoms with Gasteiger partial charge in [-0.3, -0.25) is 15.1 Å². The third-order valence-electron chi connectivity index (χ3n) is 4.47. The summed E-state index contributed by atoms with van der Waals surface area (Å²) in [5.41, 5.74) is 1.65. The number of amides is 1. The standard InChI is InChI=1S/C21H23N5O3S/c1-13(2)28-16-5-3-15(4-6-16)20-25-19(29-26-20)12-30-21-23-17(11-18(27)24-21)14-7-9-22-10-8-14/h3-10,13,17,21,23H,11-12H2,1-2H3,(H,24,27). The predicted molar refractivity (Wildman–Crippen MR) is 113 cm³/mol. The van der Waals surface area contributed by atoms with Crippen LogP contribution in [0.4, 0.5) is 0 Å². The van der Waals surface area contributed by atoms with Gasteiger partial charge < -0.3 is 14.6 Å². The lowest BCUT2D eigenvalue weighted by molar-refractivity contribution is -0.123. The smallest absolute Gasteiger partial charge is 0.237 e. The van der Waals surface area contributed by atoms with Crippen LogP contribution in [0.2, 0.25) is 0 Å². The molecule has 0 aliphatic carbocycles. The van der Waals surface area contributed by atoms with Gasteiger partial charge in [-0.1, -0.05) is 5.16 Å². The van der Waals surface area contributed by atoms with Crippen LogP contribution < -0.4 is 15.4 Å². The zero-order valence-electron chi connectivity index (χ0n) is 16.7. The molecule has 0 spiro atoms. The molecular weight excluding hydrogens is 402 g/mol. The lowest BCUT2D eigenvalue weighted by atomic mass is 10.0. The highest BCUT2D eigenvalue weighted by Crippen LogP contribution is 2.26. The zero-order valence-corrected chi connectivity index (χ0v) is 17.6. The van der Waals surface area contributed by atoms with Gasteiger partial charge in [-0.25, -0.2) is 0 Å². The summed E-state index contributed by atoms with van der Waals surface area (Å²) in [6, 6.07) is 11.4. The SMILES string of the molecule is CC(C)Oc1ccc(-c2noc(CSC3NC(=O)CC(c4ccncc4)N3)n2)cc1. The zero-order chi connectivity index (χ0) is 20.9. The van der Waals surface area contributed by atoms with Crippen molar-refractivity contribution >= 4 is 17.7 Å². The Bertz CT molecular complexity index is 978. The number of carbonyl (C=O) groups is 1. The van der Waals surface area contributed by atoms with Crippen LogP contribution in [-0.4, -0.2) is 32.6 Å². The third kappa shape index (κ3) is 5.17. The summed E-state index contributed by atoms with van der Waals surface area (Å²) in [5, 5.41) is 10.4. The van der Waals surface area contributed by atoms with Crippen molar-refractivity contribution in [3.63, 3.8) is 0 Å². The highest BCUT2D eigenvalue weighted by atomic mass is 32.2. The summed E-state index contributed by atoms with van der Waals surface area (Å²) in [7, 11) is 0. The Morgan fingerprint density at radius 1 is 1.20 bits per heavy atom. The van der Waals surface area contributed by atoms with Crippen molar-refractivity contribution in [2.45, 2.75) is 43.7 Å². The Hall–Kier alpha value is -2.91. The number of benzene rings is 1. The largest absolute Gasteiger partial charge is 0.491 e. The second-order valence-electron chi connectivity index (χ2n) is 7.17. The monoisotopic (exact) mass is 425 g/mol. The molecule has 3 aromatic rings. The molecule has 1 fully saturated rings. The van der Waals surface area contributed by atoms with Crippen molar-refractivity contribution in [2.75, 3.05) is 0 Å². The van der Waals surface area contributed by atoms with Gasteiger partial charge in [0.2, 0.25) is 17.6 Å². The number of carbonyl (C=O) groups excluding carboxylic acids is 1. The number of nitrogens with one attached hydrogen (secondary N) is 2. The highest BCUT2D eigenvalue weighted by molar-refractivity contribution is 7.99. The van der Waals surface area contributed by atoms with Gasteiger partial charge in [0.15, 0.2) is 0 Å². The fraction of sp³-hybridized carbons (Fsp3) is 0.333. The molecule has 2 atom stereocenters. The van der Waals surface area contributed by atoms with Crippen LogP contribution in [0.5, 0.6) is 5.75 Å². The molecule has 8 nitrogen and oxygen atoms in total. The first-order valence-electron chi connectivity index (χ1n) is 9.73. The first-order chi connectivity index (χ1) is 14.6. The maximum atomic E-state index is 12.1. The maximum absolute atomic E-state index is 12.1. The van der Waals surface area contributed by atoms with Crippen LogP contribution in [-0.2, 0) is 10.5 Å². The van der Waals surface area contributed by atoms with Crippen molar-refractivity contribution in [1.29, 1.82) is 0 Å². The molecule has 3 heterocycles.